The van der Waals surface area contributed by atoms with Gasteiger partial charge in [0.2, 0.25) is 10.0 Å². The first-order valence-corrected chi connectivity index (χ1v) is 18.2. The van der Waals surface area contributed by atoms with Crippen LogP contribution in [0, 0.1) is 13.8 Å². The topological polar surface area (TPSA) is 168 Å². The van der Waals surface area contributed by atoms with E-state index in [1.54, 1.807) is 58.9 Å². The highest BCUT2D eigenvalue weighted by Crippen LogP contribution is 2.40. The van der Waals surface area contributed by atoms with E-state index >= 15 is 0 Å². The number of ether oxygens (including phenoxy) is 5. The molecule has 0 bridgehead atoms. The number of aryl methyl sites for hydroxylation is 2. The van der Waals surface area contributed by atoms with E-state index in [9.17, 15) is 21.6 Å². The maximum atomic E-state index is 13.3. The Kier molecular flexibility index (Phi) is 11.2. The van der Waals surface area contributed by atoms with E-state index < -0.39 is 68.0 Å². The first-order valence-electron chi connectivity index (χ1n) is 15.3. The van der Waals surface area contributed by atoms with Crippen molar-refractivity contribution in [1.82, 2.24) is 9.55 Å². The first-order chi connectivity index (χ1) is 21.8. The molecule has 2 aliphatic rings. The SMILES string of the molecule is CO[C@@H]1O[C@H](C/C(CC[C@H](NS(=O)(=O)c2ccc(C)cc2)C(=O)OC(C)(C)C)=N/NS(=O)(=O)c2ccc(C)cc2)[C@H]2OC(C)(C)O[C@@H]12. The molecule has 2 fully saturated rings. The number of carbonyl (C=O) groups is 1. The summed E-state index contributed by atoms with van der Waals surface area (Å²) in [4.78, 5) is 15.6. The lowest BCUT2D eigenvalue weighted by Crippen LogP contribution is -2.44. The van der Waals surface area contributed by atoms with Crippen LogP contribution in [-0.4, -0.2) is 77.7 Å². The number of benzene rings is 2. The van der Waals surface area contributed by atoms with Crippen molar-refractivity contribution >= 4 is 31.7 Å². The van der Waals surface area contributed by atoms with Gasteiger partial charge in [0, 0.05) is 19.2 Å². The number of hydrogen-bond acceptors (Lipinski definition) is 11. The van der Waals surface area contributed by atoms with Gasteiger partial charge in [-0.15, -0.1) is 0 Å². The smallest absolute Gasteiger partial charge is 0.324 e. The molecule has 2 heterocycles. The van der Waals surface area contributed by atoms with Gasteiger partial charge in [0.05, 0.1) is 15.9 Å². The lowest BCUT2D eigenvalue weighted by molar-refractivity contribution is -0.226. The van der Waals surface area contributed by atoms with E-state index in [0.717, 1.165) is 11.1 Å². The number of carbonyl (C=O) groups excluding carboxylic acids is 1. The van der Waals surface area contributed by atoms with Crippen LogP contribution in [0.15, 0.2) is 63.4 Å². The number of rotatable bonds is 13. The zero-order valence-electron chi connectivity index (χ0n) is 28.0. The number of sulfonamides is 2. The molecule has 0 unspecified atom stereocenters. The number of nitrogens with zero attached hydrogens (tertiary/aromatic N) is 1. The van der Waals surface area contributed by atoms with Gasteiger partial charge in [-0.2, -0.15) is 18.2 Å². The second kappa shape index (κ2) is 14.3. The van der Waals surface area contributed by atoms with E-state index in [4.69, 9.17) is 23.7 Å². The Morgan fingerprint density at radius 2 is 1.45 bits per heavy atom. The minimum Gasteiger partial charge on any atom is -0.459 e. The Hall–Kier alpha value is -2.92. The molecule has 0 amide bonds. The van der Waals surface area contributed by atoms with E-state index in [1.165, 1.54) is 31.4 Å². The maximum absolute atomic E-state index is 13.3. The van der Waals surface area contributed by atoms with Gasteiger partial charge in [-0.05, 0) is 85.6 Å². The first kappa shape index (κ1) is 36.9. The Balaban J connectivity index is 1.62. The molecule has 4 rings (SSSR count). The highest BCUT2D eigenvalue weighted by Gasteiger charge is 2.55. The third-order valence-corrected chi connectivity index (χ3v) is 10.2. The Morgan fingerprint density at radius 3 is 1.98 bits per heavy atom. The highest BCUT2D eigenvalue weighted by molar-refractivity contribution is 7.89. The van der Waals surface area contributed by atoms with Crippen molar-refractivity contribution in [1.29, 1.82) is 0 Å². The van der Waals surface area contributed by atoms with Crippen LogP contribution < -0.4 is 9.55 Å². The van der Waals surface area contributed by atoms with Crippen LogP contribution in [0.1, 0.15) is 65.0 Å². The van der Waals surface area contributed by atoms with Crippen molar-refractivity contribution in [2.45, 2.75) is 120 Å². The van der Waals surface area contributed by atoms with Gasteiger partial charge in [0.1, 0.15) is 23.9 Å². The number of methoxy groups -OCH3 is 1. The summed E-state index contributed by atoms with van der Waals surface area (Å²) < 4.78 is 84.6. The largest absolute Gasteiger partial charge is 0.459 e. The molecule has 47 heavy (non-hydrogen) atoms. The van der Waals surface area contributed by atoms with Gasteiger partial charge in [-0.3, -0.25) is 4.79 Å². The molecule has 0 aliphatic carbocycles. The summed E-state index contributed by atoms with van der Waals surface area (Å²) in [6.45, 7) is 12.2. The number of hydrogen-bond donors (Lipinski definition) is 2. The van der Waals surface area contributed by atoms with Crippen LogP contribution in [0.2, 0.25) is 0 Å². The van der Waals surface area contributed by atoms with Gasteiger partial charge in [0.15, 0.2) is 12.1 Å². The molecule has 2 aliphatic heterocycles. The molecular formula is C32H45N3O10S2. The molecule has 260 valence electrons. The van der Waals surface area contributed by atoms with Crippen molar-refractivity contribution in [3.63, 3.8) is 0 Å². The monoisotopic (exact) mass is 695 g/mol. The predicted molar refractivity (Wildman–Crippen MR) is 173 cm³/mol. The second-order valence-corrected chi connectivity index (χ2v) is 16.6. The third kappa shape index (κ3) is 9.81. The molecule has 2 saturated heterocycles. The standard InChI is InChI=1S/C32H45N3O10S2/c1-20-9-14-23(15-10-20)46(37,38)34-25(29(36)45-31(3,4)5)18-13-22(33-35-47(39,40)24-16-11-21(2)12-17-24)19-26-27-28(30(41-8)42-26)44-32(6,7)43-27/h9-12,14-17,25-28,30,34-35H,13,18-19H2,1-8H3/b33-22+/t25-,26+,27+,28+,30+/m0/s1. The van der Waals surface area contributed by atoms with Crippen molar-refractivity contribution in [2.24, 2.45) is 5.10 Å². The molecule has 2 aromatic carbocycles. The van der Waals surface area contributed by atoms with Crippen molar-refractivity contribution in [2.75, 3.05) is 7.11 Å². The molecule has 5 atom stereocenters. The summed E-state index contributed by atoms with van der Waals surface area (Å²) >= 11 is 0. The van der Waals surface area contributed by atoms with Gasteiger partial charge in [-0.1, -0.05) is 35.4 Å². The van der Waals surface area contributed by atoms with Gasteiger partial charge in [0.25, 0.3) is 10.0 Å². The molecule has 13 nitrogen and oxygen atoms in total. The van der Waals surface area contributed by atoms with Crippen molar-refractivity contribution < 1.29 is 45.3 Å². The number of esters is 1. The number of hydrazone groups is 1. The van der Waals surface area contributed by atoms with Crippen LogP contribution in [0.5, 0.6) is 0 Å². The lowest BCUT2D eigenvalue weighted by atomic mass is 10.0. The molecule has 0 saturated carbocycles. The maximum Gasteiger partial charge on any atom is 0.324 e. The molecule has 2 N–H and O–H groups in total. The number of fused-ring (bicyclic) bond motifs is 1. The van der Waals surface area contributed by atoms with Crippen LogP contribution in [0.3, 0.4) is 0 Å². The Labute approximate surface area is 277 Å². The molecule has 0 spiro atoms. The zero-order chi connectivity index (χ0) is 34.8. The van der Waals surface area contributed by atoms with E-state index in [-0.39, 0.29) is 34.8 Å². The molecular weight excluding hydrogens is 650 g/mol. The quantitative estimate of drug-likeness (QED) is 0.179. The highest BCUT2D eigenvalue weighted by atomic mass is 32.2. The predicted octanol–water partition coefficient (Wildman–Crippen LogP) is 3.69. The molecule has 0 aromatic heterocycles. The lowest BCUT2D eigenvalue weighted by Gasteiger charge is -2.25. The fourth-order valence-electron chi connectivity index (χ4n) is 5.21. The van der Waals surface area contributed by atoms with Crippen molar-refractivity contribution in [3.8, 4) is 0 Å². The van der Waals surface area contributed by atoms with Gasteiger partial charge >= 0.3 is 5.97 Å². The van der Waals surface area contributed by atoms with E-state index in [0.29, 0.717) is 0 Å². The average molecular weight is 696 g/mol. The van der Waals surface area contributed by atoms with Crippen LogP contribution in [-0.2, 0) is 48.5 Å². The summed E-state index contributed by atoms with van der Waals surface area (Å²) in [7, 11) is -6.72. The summed E-state index contributed by atoms with van der Waals surface area (Å²) in [5.74, 6) is -1.70. The second-order valence-electron chi connectivity index (χ2n) is 13.2. The summed E-state index contributed by atoms with van der Waals surface area (Å²) in [6, 6.07) is 11.1. The Morgan fingerprint density at radius 1 is 0.915 bits per heavy atom. The zero-order valence-corrected chi connectivity index (χ0v) is 29.6. The summed E-state index contributed by atoms with van der Waals surface area (Å²) in [5.41, 5.74) is 1.13. The Bertz CT molecular complexity index is 1650. The molecule has 2 aromatic rings. The van der Waals surface area contributed by atoms with E-state index in [2.05, 4.69) is 14.7 Å². The summed E-state index contributed by atoms with van der Waals surface area (Å²) in [5, 5.41) is 4.26. The summed E-state index contributed by atoms with van der Waals surface area (Å²) in [6.07, 6.45) is -2.57. The third-order valence-electron chi connectivity index (χ3n) is 7.47. The fourth-order valence-corrected chi connectivity index (χ4v) is 7.28. The van der Waals surface area contributed by atoms with Gasteiger partial charge in [-0.25, -0.2) is 13.2 Å². The van der Waals surface area contributed by atoms with Crippen LogP contribution in [0.25, 0.3) is 0 Å². The normalized spacial score (nSPS) is 23.7. The molecule has 15 heteroatoms. The van der Waals surface area contributed by atoms with Crippen LogP contribution >= 0.6 is 0 Å². The van der Waals surface area contributed by atoms with Crippen molar-refractivity contribution in [3.05, 3.63) is 59.7 Å². The van der Waals surface area contributed by atoms with E-state index in [1.807, 2.05) is 13.8 Å². The van der Waals surface area contributed by atoms with Crippen LogP contribution in [0.4, 0.5) is 0 Å². The minimum absolute atomic E-state index is 0.00888. The number of nitrogens with one attached hydrogen (secondary N) is 2. The fraction of sp³-hybridized carbons (Fsp3) is 0.562. The minimum atomic E-state index is -4.14. The molecule has 0 radical (unpaired) electrons. The van der Waals surface area contributed by atoms with Gasteiger partial charge < -0.3 is 23.7 Å². The average Bonchev–Trinajstić information content (AvgIpc) is 3.45.